The van der Waals surface area contributed by atoms with E-state index in [9.17, 15) is 9.18 Å². The van der Waals surface area contributed by atoms with Crippen molar-refractivity contribution in [2.75, 3.05) is 6.54 Å². The summed E-state index contributed by atoms with van der Waals surface area (Å²) < 4.78 is 12.7. The van der Waals surface area contributed by atoms with Gasteiger partial charge in [-0.3, -0.25) is 4.79 Å². The van der Waals surface area contributed by atoms with Crippen LogP contribution in [0.5, 0.6) is 0 Å². The minimum absolute atomic E-state index is 0. The lowest BCUT2D eigenvalue weighted by Crippen LogP contribution is -2.39. The summed E-state index contributed by atoms with van der Waals surface area (Å²) in [7, 11) is 0. The second kappa shape index (κ2) is 6.71. The quantitative estimate of drug-likeness (QED) is 0.885. The standard InChI is InChI=1S/C13H17FN2O.ClH/c14-11-6-4-9(5-7-11)13(17)16-12-3-1-2-10(12)8-15;/h4-7,10,12H,1-3,8,15H2,(H,16,17);1H. The van der Waals surface area contributed by atoms with E-state index in [0.29, 0.717) is 18.0 Å². The zero-order chi connectivity index (χ0) is 12.3. The van der Waals surface area contributed by atoms with Gasteiger partial charge in [-0.15, -0.1) is 12.4 Å². The molecule has 100 valence electrons. The highest BCUT2D eigenvalue weighted by Gasteiger charge is 2.27. The van der Waals surface area contributed by atoms with E-state index in [0.717, 1.165) is 19.3 Å². The fourth-order valence-electron chi connectivity index (χ4n) is 2.36. The number of hydrogen-bond donors (Lipinski definition) is 2. The number of halogens is 2. The first kappa shape index (κ1) is 14.9. The van der Waals surface area contributed by atoms with Crippen LogP contribution in [-0.4, -0.2) is 18.5 Å². The van der Waals surface area contributed by atoms with Gasteiger partial charge in [-0.1, -0.05) is 6.42 Å². The normalized spacial score (nSPS) is 22.3. The predicted molar refractivity (Wildman–Crippen MR) is 71.3 cm³/mol. The number of benzene rings is 1. The van der Waals surface area contributed by atoms with Gasteiger partial charge in [-0.2, -0.15) is 0 Å². The number of hydrogen-bond acceptors (Lipinski definition) is 2. The van der Waals surface area contributed by atoms with Gasteiger partial charge in [0.05, 0.1) is 0 Å². The van der Waals surface area contributed by atoms with Crippen molar-refractivity contribution in [3.63, 3.8) is 0 Å². The van der Waals surface area contributed by atoms with Crippen molar-refractivity contribution >= 4 is 18.3 Å². The highest BCUT2D eigenvalue weighted by molar-refractivity contribution is 5.94. The lowest BCUT2D eigenvalue weighted by atomic mass is 10.0. The SMILES string of the molecule is Cl.NCC1CCCC1NC(=O)c1ccc(F)cc1. The maximum Gasteiger partial charge on any atom is 0.251 e. The third kappa shape index (κ3) is 3.43. The molecule has 3 nitrogen and oxygen atoms in total. The number of rotatable bonds is 3. The molecule has 1 aliphatic carbocycles. The Bertz CT molecular complexity index is 396. The van der Waals surface area contributed by atoms with E-state index in [2.05, 4.69) is 5.32 Å². The van der Waals surface area contributed by atoms with Crippen molar-refractivity contribution in [1.82, 2.24) is 5.32 Å². The van der Waals surface area contributed by atoms with Gasteiger partial charge in [0.25, 0.3) is 5.91 Å². The monoisotopic (exact) mass is 272 g/mol. The molecule has 1 aromatic rings. The van der Waals surface area contributed by atoms with E-state index in [4.69, 9.17) is 5.73 Å². The summed E-state index contributed by atoms with van der Waals surface area (Å²) in [5.74, 6) is -0.100. The molecule has 2 unspecified atom stereocenters. The van der Waals surface area contributed by atoms with Crippen molar-refractivity contribution in [3.05, 3.63) is 35.6 Å². The molecule has 0 saturated heterocycles. The highest BCUT2D eigenvalue weighted by atomic mass is 35.5. The van der Waals surface area contributed by atoms with Gasteiger partial charge in [0.1, 0.15) is 5.82 Å². The molecule has 1 aliphatic rings. The maximum absolute atomic E-state index is 12.7. The molecule has 0 aromatic heterocycles. The summed E-state index contributed by atoms with van der Waals surface area (Å²) in [6.07, 6.45) is 3.16. The van der Waals surface area contributed by atoms with Crippen LogP contribution in [0.4, 0.5) is 4.39 Å². The summed E-state index contributed by atoms with van der Waals surface area (Å²) >= 11 is 0. The first-order valence-electron chi connectivity index (χ1n) is 5.97. The molecule has 2 rings (SSSR count). The van der Waals surface area contributed by atoms with Gasteiger partial charge in [-0.05, 0) is 49.6 Å². The van der Waals surface area contributed by atoms with Gasteiger partial charge in [0, 0.05) is 11.6 Å². The Balaban J connectivity index is 0.00000162. The van der Waals surface area contributed by atoms with Crippen molar-refractivity contribution in [2.45, 2.75) is 25.3 Å². The van der Waals surface area contributed by atoms with Gasteiger partial charge >= 0.3 is 0 Å². The van der Waals surface area contributed by atoms with Crippen LogP contribution in [0.25, 0.3) is 0 Å². The van der Waals surface area contributed by atoms with Crippen LogP contribution >= 0.6 is 12.4 Å². The van der Waals surface area contributed by atoms with E-state index in [1.165, 1.54) is 24.3 Å². The molecule has 0 heterocycles. The summed E-state index contributed by atoms with van der Waals surface area (Å²) in [5, 5.41) is 2.97. The molecular formula is C13H18ClFN2O. The number of nitrogens with one attached hydrogen (secondary N) is 1. The van der Waals surface area contributed by atoms with Crippen molar-refractivity contribution < 1.29 is 9.18 Å². The maximum atomic E-state index is 12.7. The molecule has 0 bridgehead atoms. The zero-order valence-electron chi connectivity index (χ0n) is 10.1. The van der Waals surface area contributed by atoms with Crippen molar-refractivity contribution in [2.24, 2.45) is 11.7 Å². The lowest BCUT2D eigenvalue weighted by molar-refractivity contribution is 0.0928. The van der Waals surface area contributed by atoms with Gasteiger partial charge in [-0.25, -0.2) is 4.39 Å². The van der Waals surface area contributed by atoms with E-state index in [1.807, 2.05) is 0 Å². The molecule has 1 fully saturated rings. The lowest BCUT2D eigenvalue weighted by Gasteiger charge is -2.19. The third-order valence-corrected chi connectivity index (χ3v) is 3.38. The van der Waals surface area contributed by atoms with Crippen LogP contribution in [0.1, 0.15) is 29.6 Å². The van der Waals surface area contributed by atoms with E-state index in [1.54, 1.807) is 0 Å². The Morgan fingerprint density at radius 1 is 1.33 bits per heavy atom. The minimum Gasteiger partial charge on any atom is -0.349 e. The van der Waals surface area contributed by atoms with Crippen LogP contribution in [0.3, 0.4) is 0 Å². The Morgan fingerprint density at radius 2 is 2.00 bits per heavy atom. The average Bonchev–Trinajstić information content (AvgIpc) is 2.77. The topological polar surface area (TPSA) is 55.1 Å². The Labute approximate surface area is 112 Å². The predicted octanol–water partition coefficient (Wildman–Crippen LogP) is 2.10. The molecule has 0 aliphatic heterocycles. The average molecular weight is 273 g/mol. The molecule has 1 saturated carbocycles. The van der Waals surface area contributed by atoms with E-state index < -0.39 is 0 Å². The first-order chi connectivity index (χ1) is 8.20. The highest BCUT2D eigenvalue weighted by Crippen LogP contribution is 2.24. The Morgan fingerprint density at radius 3 is 2.61 bits per heavy atom. The molecule has 1 amide bonds. The number of carbonyl (C=O) groups is 1. The van der Waals surface area contributed by atoms with Crippen LogP contribution < -0.4 is 11.1 Å². The van der Waals surface area contributed by atoms with Gasteiger partial charge < -0.3 is 11.1 Å². The summed E-state index contributed by atoms with van der Waals surface area (Å²) in [4.78, 5) is 11.9. The van der Waals surface area contributed by atoms with Crippen molar-refractivity contribution in [3.8, 4) is 0 Å². The fraction of sp³-hybridized carbons (Fsp3) is 0.462. The van der Waals surface area contributed by atoms with Crippen molar-refractivity contribution in [1.29, 1.82) is 0 Å². The molecule has 18 heavy (non-hydrogen) atoms. The second-order valence-corrected chi connectivity index (χ2v) is 4.51. The fourth-order valence-corrected chi connectivity index (χ4v) is 2.36. The van der Waals surface area contributed by atoms with Crippen LogP contribution in [-0.2, 0) is 0 Å². The summed E-state index contributed by atoms with van der Waals surface area (Å²) in [5.41, 5.74) is 6.15. The smallest absolute Gasteiger partial charge is 0.251 e. The number of amides is 1. The second-order valence-electron chi connectivity index (χ2n) is 4.51. The molecule has 1 aromatic carbocycles. The van der Waals surface area contributed by atoms with Crippen LogP contribution in [0, 0.1) is 11.7 Å². The Hall–Kier alpha value is -1.13. The molecular weight excluding hydrogens is 255 g/mol. The Kier molecular flexibility index (Phi) is 5.56. The molecule has 3 N–H and O–H groups in total. The van der Waals surface area contributed by atoms with Gasteiger partial charge in [0.2, 0.25) is 0 Å². The van der Waals surface area contributed by atoms with E-state index >= 15 is 0 Å². The van der Waals surface area contributed by atoms with Crippen LogP contribution in [0.2, 0.25) is 0 Å². The zero-order valence-corrected chi connectivity index (χ0v) is 10.9. The van der Waals surface area contributed by atoms with Crippen LogP contribution in [0.15, 0.2) is 24.3 Å². The number of nitrogens with two attached hydrogens (primary N) is 1. The number of carbonyl (C=O) groups excluding carboxylic acids is 1. The molecule has 0 radical (unpaired) electrons. The molecule has 2 atom stereocenters. The molecule has 5 heteroatoms. The molecule has 0 spiro atoms. The first-order valence-corrected chi connectivity index (χ1v) is 5.97. The summed E-state index contributed by atoms with van der Waals surface area (Å²) in [6.45, 7) is 0.606. The van der Waals surface area contributed by atoms with Gasteiger partial charge in [0.15, 0.2) is 0 Å². The third-order valence-electron chi connectivity index (χ3n) is 3.38. The van der Waals surface area contributed by atoms with E-state index in [-0.39, 0.29) is 30.2 Å². The summed E-state index contributed by atoms with van der Waals surface area (Å²) in [6, 6.07) is 5.75. The largest absolute Gasteiger partial charge is 0.349 e. The minimum atomic E-state index is -0.331.